The van der Waals surface area contributed by atoms with E-state index in [2.05, 4.69) is 26.2 Å². The lowest BCUT2D eigenvalue weighted by Gasteiger charge is -2.09. The predicted molar refractivity (Wildman–Crippen MR) is 92.8 cm³/mol. The summed E-state index contributed by atoms with van der Waals surface area (Å²) >= 11 is 3.06. The van der Waals surface area contributed by atoms with Crippen LogP contribution in [0, 0.1) is 5.82 Å². The second-order valence-corrected chi connectivity index (χ2v) is 5.75. The van der Waals surface area contributed by atoms with Crippen LogP contribution in [-0.4, -0.2) is 10.9 Å². The molecule has 1 heterocycles. The Hall–Kier alpha value is -2.73. The zero-order chi connectivity index (χ0) is 16.9. The molecule has 0 unspecified atom stereocenters. The lowest BCUT2D eigenvalue weighted by molar-refractivity contribution is 0.102. The number of hydrogen-bond donors (Lipinski definition) is 1. The van der Waals surface area contributed by atoms with Crippen molar-refractivity contribution in [1.82, 2.24) is 4.98 Å². The van der Waals surface area contributed by atoms with Gasteiger partial charge in [-0.05, 0) is 58.4 Å². The molecule has 2 aromatic carbocycles. The topological polar surface area (TPSA) is 51.2 Å². The van der Waals surface area contributed by atoms with Crippen molar-refractivity contribution in [3.05, 3.63) is 82.8 Å². The second kappa shape index (κ2) is 7.23. The number of hydrogen-bond acceptors (Lipinski definition) is 3. The van der Waals surface area contributed by atoms with Crippen molar-refractivity contribution in [3.63, 3.8) is 0 Å². The molecule has 1 aromatic heterocycles. The van der Waals surface area contributed by atoms with Crippen LogP contribution >= 0.6 is 15.9 Å². The molecule has 4 nitrogen and oxygen atoms in total. The van der Waals surface area contributed by atoms with E-state index in [4.69, 9.17) is 4.74 Å². The number of nitrogens with zero attached hydrogens (tertiary/aromatic N) is 1. The first-order valence-corrected chi connectivity index (χ1v) is 7.85. The molecule has 1 N–H and O–H groups in total. The van der Waals surface area contributed by atoms with E-state index in [1.165, 1.54) is 12.1 Å². The number of carbonyl (C=O) groups is 1. The van der Waals surface area contributed by atoms with Crippen molar-refractivity contribution in [2.24, 2.45) is 0 Å². The Morgan fingerprint density at radius 1 is 1.04 bits per heavy atom. The molecule has 1 amide bonds. The van der Waals surface area contributed by atoms with Crippen molar-refractivity contribution >= 4 is 27.5 Å². The first-order valence-electron chi connectivity index (χ1n) is 7.06. The molecule has 0 fully saturated rings. The van der Waals surface area contributed by atoms with Gasteiger partial charge in [-0.3, -0.25) is 9.78 Å². The Labute approximate surface area is 146 Å². The quantitative estimate of drug-likeness (QED) is 0.684. The van der Waals surface area contributed by atoms with Crippen LogP contribution in [0.25, 0.3) is 0 Å². The third-order valence-corrected chi connectivity index (χ3v) is 3.80. The Morgan fingerprint density at radius 2 is 1.83 bits per heavy atom. The fourth-order valence-corrected chi connectivity index (χ4v) is 2.27. The van der Waals surface area contributed by atoms with E-state index >= 15 is 0 Å². The summed E-state index contributed by atoms with van der Waals surface area (Å²) in [5.41, 5.74) is 0.783. The van der Waals surface area contributed by atoms with Crippen molar-refractivity contribution in [3.8, 4) is 11.5 Å². The van der Waals surface area contributed by atoms with E-state index in [9.17, 15) is 9.18 Å². The number of ether oxygens (including phenoxy) is 1. The van der Waals surface area contributed by atoms with Crippen LogP contribution in [0.5, 0.6) is 11.5 Å². The molecular formula is C18H12BrFN2O2. The van der Waals surface area contributed by atoms with Gasteiger partial charge < -0.3 is 10.1 Å². The predicted octanol–water partition coefficient (Wildman–Crippen LogP) is 5.03. The maximum Gasteiger partial charge on any atom is 0.255 e. The zero-order valence-electron chi connectivity index (χ0n) is 12.4. The second-order valence-electron chi connectivity index (χ2n) is 4.90. The summed E-state index contributed by atoms with van der Waals surface area (Å²) in [5, 5.41) is 2.72. The van der Waals surface area contributed by atoms with Crippen LogP contribution < -0.4 is 10.1 Å². The minimum absolute atomic E-state index is 0.233. The summed E-state index contributed by atoms with van der Waals surface area (Å²) in [6, 6.07) is 14.6. The highest BCUT2D eigenvalue weighted by Crippen LogP contribution is 2.24. The van der Waals surface area contributed by atoms with Gasteiger partial charge in [0.15, 0.2) is 0 Å². The number of anilines is 1. The van der Waals surface area contributed by atoms with E-state index in [0.29, 0.717) is 21.7 Å². The van der Waals surface area contributed by atoms with E-state index in [0.717, 1.165) is 0 Å². The van der Waals surface area contributed by atoms with Gasteiger partial charge in [-0.15, -0.1) is 0 Å². The highest BCUT2D eigenvalue weighted by molar-refractivity contribution is 9.10. The Balaban J connectivity index is 1.74. The summed E-state index contributed by atoms with van der Waals surface area (Å²) < 4.78 is 19.5. The molecule has 3 aromatic rings. The third kappa shape index (κ3) is 3.97. The fraction of sp³-hybridized carbons (Fsp3) is 0. The van der Waals surface area contributed by atoms with E-state index in [1.807, 2.05) is 0 Å². The largest absolute Gasteiger partial charge is 0.457 e. The van der Waals surface area contributed by atoms with E-state index in [1.54, 1.807) is 54.9 Å². The zero-order valence-corrected chi connectivity index (χ0v) is 14.0. The molecule has 120 valence electrons. The summed E-state index contributed by atoms with van der Waals surface area (Å²) in [4.78, 5) is 16.1. The van der Waals surface area contributed by atoms with Gasteiger partial charge in [0.05, 0.1) is 4.47 Å². The van der Waals surface area contributed by atoms with Gasteiger partial charge in [0.1, 0.15) is 17.3 Å². The van der Waals surface area contributed by atoms with Gasteiger partial charge in [-0.2, -0.15) is 0 Å². The molecule has 0 saturated heterocycles. The average molecular weight is 387 g/mol. The molecule has 0 saturated carbocycles. The number of aromatic nitrogens is 1. The summed E-state index contributed by atoms with van der Waals surface area (Å²) in [6.45, 7) is 0. The Morgan fingerprint density at radius 3 is 2.58 bits per heavy atom. The van der Waals surface area contributed by atoms with Crippen LogP contribution in [0.2, 0.25) is 0 Å². The molecular weight excluding hydrogens is 375 g/mol. The van der Waals surface area contributed by atoms with Crippen LogP contribution in [0.4, 0.5) is 10.1 Å². The maximum absolute atomic E-state index is 13.5. The molecule has 0 spiro atoms. The monoisotopic (exact) mass is 386 g/mol. The van der Waals surface area contributed by atoms with Gasteiger partial charge in [-0.25, -0.2) is 4.39 Å². The molecule has 0 aliphatic heterocycles. The number of rotatable bonds is 4. The molecule has 6 heteroatoms. The number of halogens is 2. The van der Waals surface area contributed by atoms with Gasteiger partial charge in [0.2, 0.25) is 0 Å². The van der Waals surface area contributed by atoms with Crippen LogP contribution in [0.15, 0.2) is 71.5 Å². The van der Waals surface area contributed by atoms with E-state index in [-0.39, 0.29) is 5.56 Å². The summed E-state index contributed by atoms with van der Waals surface area (Å²) in [5.74, 6) is 0.323. The molecule has 0 aliphatic carbocycles. The normalized spacial score (nSPS) is 10.2. The van der Waals surface area contributed by atoms with Gasteiger partial charge in [-0.1, -0.05) is 6.07 Å². The minimum Gasteiger partial charge on any atom is -0.457 e. The third-order valence-electron chi connectivity index (χ3n) is 3.16. The lowest BCUT2D eigenvalue weighted by Crippen LogP contribution is -2.12. The highest BCUT2D eigenvalue weighted by atomic mass is 79.9. The fourth-order valence-electron chi connectivity index (χ4n) is 2.02. The van der Waals surface area contributed by atoms with E-state index < -0.39 is 11.7 Å². The molecule has 0 radical (unpaired) electrons. The highest BCUT2D eigenvalue weighted by Gasteiger charge is 2.09. The maximum atomic E-state index is 13.5. The average Bonchev–Trinajstić information content (AvgIpc) is 2.58. The number of nitrogens with one attached hydrogen (secondary N) is 1. The summed E-state index contributed by atoms with van der Waals surface area (Å²) in [6.07, 6.45) is 3.26. The van der Waals surface area contributed by atoms with Crippen molar-refractivity contribution in [2.45, 2.75) is 0 Å². The van der Waals surface area contributed by atoms with Gasteiger partial charge in [0.25, 0.3) is 5.91 Å². The smallest absolute Gasteiger partial charge is 0.255 e. The standard InChI is InChI=1S/C18H12BrFN2O2/c19-16-5-4-12(10-17(16)20)18(23)22-13-2-1-3-15(11-13)24-14-6-8-21-9-7-14/h1-11H,(H,22,23). The molecule has 0 atom stereocenters. The number of amides is 1. The van der Waals surface area contributed by atoms with Gasteiger partial charge in [0, 0.05) is 29.7 Å². The molecule has 0 bridgehead atoms. The number of pyridine rings is 1. The number of carbonyl (C=O) groups excluding carboxylic acids is 1. The molecule has 3 rings (SSSR count). The molecule has 24 heavy (non-hydrogen) atoms. The van der Waals surface area contributed by atoms with Crippen LogP contribution in [-0.2, 0) is 0 Å². The van der Waals surface area contributed by atoms with Crippen molar-refractivity contribution in [2.75, 3.05) is 5.32 Å². The SMILES string of the molecule is O=C(Nc1cccc(Oc2ccncc2)c1)c1ccc(Br)c(F)c1. The van der Waals surface area contributed by atoms with Gasteiger partial charge >= 0.3 is 0 Å². The Bertz CT molecular complexity index is 872. The number of benzene rings is 2. The summed E-state index contributed by atoms with van der Waals surface area (Å²) in [7, 11) is 0. The molecule has 0 aliphatic rings. The minimum atomic E-state index is -0.488. The first kappa shape index (κ1) is 16.1. The lowest BCUT2D eigenvalue weighted by atomic mass is 10.2. The van der Waals surface area contributed by atoms with Crippen LogP contribution in [0.1, 0.15) is 10.4 Å². The van der Waals surface area contributed by atoms with Crippen molar-refractivity contribution in [1.29, 1.82) is 0 Å². The Kier molecular flexibility index (Phi) is 4.86. The van der Waals surface area contributed by atoms with Crippen molar-refractivity contribution < 1.29 is 13.9 Å². The van der Waals surface area contributed by atoms with Crippen LogP contribution in [0.3, 0.4) is 0 Å². The first-order chi connectivity index (χ1) is 11.6.